The van der Waals surface area contributed by atoms with Crippen LogP contribution < -0.4 is 14.8 Å². The molecule has 184 valence electrons. The van der Waals surface area contributed by atoms with Gasteiger partial charge in [-0.15, -0.1) is 0 Å². The van der Waals surface area contributed by atoms with Crippen molar-refractivity contribution >= 4 is 21.9 Å². The molecular weight excluding hydrogens is 456 g/mol. The minimum atomic E-state index is -3.92. The summed E-state index contributed by atoms with van der Waals surface area (Å²) in [5.74, 6) is -0.603. The van der Waals surface area contributed by atoms with Crippen LogP contribution in [-0.2, 0) is 19.6 Å². The number of methoxy groups -OCH3 is 2. The van der Waals surface area contributed by atoms with Crippen LogP contribution in [-0.4, -0.2) is 40.6 Å². The van der Waals surface area contributed by atoms with E-state index in [9.17, 15) is 18.0 Å². The molecule has 0 bridgehead atoms. The van der Waals surface area contributed by atoms with Crippen molar-refractivity contribution < 1.29 is 27.5 Å². The lowest BCUT2D eigenvalue weighted by Crippen LogP contribution is -2.41. The van der Waals surface area contributed by atoms with Crippen molar-refractivity contribution in [2.75, 3.05) is 14.2 Å². The van der Waals surface area contributed by atoms with Gasteiger partial charge in [-0.25, -0.2) is 13.1 Å². The number of carbonyl (C=O) groups is 2. The number of rotatable bonds is 9. The van der Waals surface area contributed by atoms with Crippen LogP contribution in [0.25, 0.3) is 0 Å². The van der Waals surface area contributed by atoms with Crippen molar-refractivity contribution in [1.82, 2.24) is 10.0 Å². The molecule has 0 spiro atoms. The van der Waals surface area contributed by atoms with Gasteiger partial charge in [-0.2, -0.15) is 0 Å². The number of nitrogens with one attached hydrogen (secondary N) is 2. The number of hydrogen-bond donors (Lipinski definition) is 2. The van der Waals surface area contributed by atoms with Gasteiger partial charge in [0.1, 0.15) is 10.6 Å². The molecule has 1 aliphatic carbocycles. The van der Waals surface area contributed by atoms with E-state index >= 15 is 0 Å². The molecule has 3 unspecified atom stereocenters. The first-order valence-electron chi connectivity index (χ1n) is 11.4. The Hall–Kier alpha value is -2.91. The molecule has 3 rings (SSSR count). The summed E-state index contributed by atoms with van der Waals surface area (Å²) in [6.07, 6.45) is 3.74. The highest BCUT2D eigenvalue weighted by molar-refractivity contribution is 7.89. The minimum absolute atomic E-state index is 0.0608. The van der Waals surface area contributed by atoms with Crippen molar-refractivity contribution in [2.45, 2.75) is 56.0 Å². The van der Waals surface area contributed by atoms with E-state index in [1.54, 1.807) is 12.1 Å². The van der Waals surface area contributed by atoms with Crippen LogP contribution >= 0.6 is 0 Å². The molecule has 8 nitrogen and oxygen atoms in total. The van der Waals surface area contributed by atoms with Crippen molar-refractivity contribution in [1.29, 1.82) is 0 Å². The Morgan fingerprint density at radius 2 is 1.76 bits per heavy atom. The van der Waals surface area contributed by atoms with Crippen LogP contribution in [0, 0.1) is 5.92 Å². The molecule has 2 aromatic carbocycles. The summed E-state index contributed by atoms with van der Waals surface area (Å²) in [5, 5.41) is 2.82. The fourth-order valence-electron chi connectivity index (χ4n) is 4.21. The fraction of sp³-hybridized carbons (Fsp3) is 0.440. The lowest BCUT2D eigenvalue weighted by Gasteiger charge is -2.29. The Kier molecular flexibility index (Phi) is 8.68. The second kappa shape index (κ2) is 11.5. The van der Waals surface area contributed by atoms with Crippen molar-refractivity contribution in [3.8, 4) is 5.75 Å². The third-order valence-corrected chi connectivity index (χ3v) is 7.75. The normalized spacial score (nSPS) is 19.1. The number of carbonyl (C=O) groups excluding carboxylic acids is 2. The summed E-state index contributed by atoms with van der Waals surface area (Å²) in [5.41, 5.74) is 0.874. The monoisotopic (exact) mass is 488 g/mol. The molecule has 3 atom stereocenters. The van der Waals surface area contributed by atoms with E-state index in [0.29, 0.717) is 0 Å². The predicted molar refractivity (Wildman–Crippen MR) is 128 cm³/mol. The van der Waals surface area contributed by atoms with Crippen molar-refractivity contribution in [3.05, 3.63) is 59.7 Å². The number of benzene rings is 2. The molecule has 1 saturated carbocycles. The third kappa shape index (κ3) is 6.36. The molecule has 2 N–H and O–H groups in total. The van der Waals surface area contributed by atoms with E-state index < -0.39 is 27.9 Å². The van der Waals surface area contributed by atoms with E-state index in [1.165, 1.54) is 32.4 Å². The first kappa shape index (κ1) is 25.7. The Labute approximate surface area is 201 Å². The molecule has 1 fully saturated rings. The van der Waals surface area contributed by atoms with Gasteiger partial charge in [0.15, 0.2) is 0 Å². The molecular formula is C25H32N2O6S. The molecule has 0 saturated heterocycles. The maximum Gasteiger partial charge on any atom is 0.307 e. The van der Waals surface area contributed by atoms with Gasteiger partial charge in [0.25, 0.3) is 5.91 Å². The number of sulfonamides is 1. The number of amides is 1. The number of esters is 1. The molecule has 0 heterocycles. The van der Waals surface area contributed by atoms with Crippen molar-refractivity contribution in [3.63, 3.8) is 0 Å². The van der Waals surface area contributed by atoms with Gasteiger partial charge in [-0.1, -0.05) is 50.1 Å². The second-order valence-corrected chi connectivity index (χ2v) is 10.3. The van der Waals surface area contributed by atoms with Gasteiger partial charge >= 0.3 is 5.97 Å². The zero-order valence-corrected chi connectivity index (χ0v) is 20.6. The smallest absolute Gasteiger partial charge is 0.307 e. The molecule has 0 radical (unpaired) electrons. The van der Waals surface area contributed by atoms with Crippen LogP contribution in [0.4, 0.5) is 0 Å². The third-order valence-electron chi connectivity index (χ3n) is 6.24. The molecule has 1 amide bonds. The largest absolute Gasteiger partial charge is 0.495 e. The van der Waals surface area contributed by atoms with Crippen LogP contribution in [0.2, 0.25) is 0 Å². The Morgan fingerprint density at radius 1 is 1.06 bits per heavy atom. The summed E-state index contributed by atoms with van der Waals surface area (Å²) < 4.78 is 39.3. The van der Waals surface area contributed by atoms with Crippen LogP contribution in [0.15, 0.2) is 53.4 Å². The van der Waals surface area contributed by atoms with E-state index in [2.05, 4.69) is 10.0 Å². The average molecular weight is 489 g/mol. The SMILES string of the molecule is COC(=O)CC(NC(=O)c1ccc(OC)c(S(=O)(=O)NC2CCCCC2C)c1)c1ccccc1. The summed E-state index contributed by atoms with van der Waals surface area (Å²) >= 11 is 0. The molecule has 0 aliphatic heterocycles. The van der Waals surface area contributed by atoms with E-state index in [1.807, 2.05) is 25.1 Å². The van der Waals surface area contributed by atoms with Gasteiger partial charge < -0.3 is 14.8 Å². The maximum atomic E-state index is 13.2. The number of ether oxygens (including phenoxy) is 2. The van der Waals surface area contributed by atoms with Crippen LogP contribution in [0.5, 0.6) is 5.75 Å². The Balaban J connectivity index is 1.87. The summed E-state index contributed by atoms with van der Waals surface area (Å²) in [6.45, 7) is 2.04. The summed E-state index contributed by atoms with van der Waals surface area (Å²) in [6, 6.07) is 12.5. The average Bonchev–Trinajstić information content (AvgIpc) is 2.84. The van der Waals surface area contributed by atoms with Gasteiger partial charge in [0.2, 0.25) is 10.0 Å². The minimum Gasteiger partial charge on any atom is -0.495 e. The lowest BCUT2D eigenvalue weighted by molar-refractivity contribution is -0.141. The van der Waals surface area contributed by atoms with E-state index in [0.717, 1.165) is 31.2 Å². The van der Waals surface area contributed by atoms with Crippen LogP contribution in [0.1, 0.15) is 61.0 Å². The highest BCUT2D eigenvalue weighted by atomic mass is 32.2. The zero-order valence-electron chi connectivity index (χ0n) is 19.7. The second-order valence-electron chi connectivity index (χ2n) is 8.57. The molecule has 9 heteroatoms. The Bertz CT molecular complexity index is 1100. The van der Waals surface area contributed by atoms with Gasteiger partial charge in [-0.3, -0.25) is 9.59 Å². The molecule has 0 aromatic heterocycles. The fourth-order valence-corrected chi connectivity index (χ4v) is 5.79. The molecule has 1 aliphatic rings. The van der Waals surface area contributed by atoms with Crippen LogP contribution in [0.3, 0.4) is 0 Å². The predicted octanol–water partition coefficient (Wildman–Crippen LogP) is 3.59. The van der Waals surface area contributed by atoms with Gasteiger partial charge in [0, 0.05) is 11.6 Å². The highest BCUT2D eigenvalue weighted by Crippen LogP contribution is 2.29. The standard InChI is InChI=1S/C25H32N2O6S/c1-17-9-7-8-12-20(17)27-34(30,31)23-15-19(13-14-22(23)32-2)25(29)26-21(16-24(28)33-3)18-10-5-4-6-11-18/h4-6,10-11,13-15,17,20-21,27H,7-9,12,16H2,1-3H3,(H,26,29). The van der Waals surface area contributed by atoms with E-state index in [4.69, 9.17) is 9.47 Å². The summed E-state index contributed by atoms with van der Waals surface area (Å²) in [4.78, 5) is 24.9. The van der Waals surface area contributed by atoms with E-state index in [-0.39, 0.29) is 34.6 Å². The quantitative estimate of drug-likeness (QED) is 0.522. The molecule has 2 aromatic rings. The summed E-state index contributed by atoms with van der Waals surface area (Å²) in [7, 11) is -1.25. The topological polar surface area (TPSA) is 111 Å². The van der Waals surface area contributed by atoms with Gasteiger partial charge in [-0.05, 0) is 42.5 Å². The lowest BCUT2D eigenvalue weighted by atomic mass is 9.87. The zero-order chi connectivity index (χ0) is 24.7. The van der Waals surface area contributed by atoms with Crippen molar-refractivity contribution in [2.24, 2.45) is 5.92 Å². The van der Waals surface area contributed by atoms with Gasteiger partial charge in [0.05, 0.1) is 26.7 Å². The number of hydrogen-bond acceptors (Lipinski definition) is 6. The Morgan fingerprint density at radius 3 is 2.41 bits per heavy atom. The first-order chi connectivity index (χ1) is 16.2. The maximum absolute atomic E-state index is 13.2. The highest BCUT2D eigenvalue weighted by Gasteiger charge is 2.29. The molecule has 34 heavy (non-hydrogen) atoms. The first-order valence-corrected chi connectivity index (χ1v) is 12.9.